The van der Waals surface area contributed by atoms with Crippen LogP contribution in [0.2, 0.25) is 0 Å². The Morgan fingerprint density at radius 2 is 1.92 bits per heavy atom. The molecule has 2 rings (SSSR count). The second-order valence-corrected chi connectivity index (χ2v) is 2.74. The molecular formula is C8H8N4O. The van der Waals surface area contributed by atoms with Crippen LogP contribution in [-0.2, 0) is 0 Å². The first-order valence-electron chi connectivity index (χ1n) is 3.71. The number of hydrogen-bond donors (Lipinski definition) is 2. The highest BCUT2D eigenvalue weighted by Crippen LogP contribution is 2.22. The van der Waals surface area contributed by atoms with Gasteiger partial charge in [-0.3, -0.25) is 0 Å². The Morgan fingerprint density at radius 1 is 1.23 bits per heavy atom. The third-order valence-electron chi connectivity index (χ3n) is 1.84. The van der Waals surface area contributed by atoms with Gasteiger partial charge in [-0.05, 0) is 17.1 Å². The SMILES string of the molecule is Nc1ccc(N)c2nc[n+]([O-])cc12. The van der Waals surface area contributed by atoms with E-state index in [-0.39, 0.29) is 0 Å². The molecule has 0 fully saturated rings. The summed E-state index contributed by atoms with van der Waals surface area (Å²) < 4.78 is 0.595. The first-order valence-corrected chi connectivity index (χ1v) is 3.71. The molecule has 0 amide bonds. The van der Waals surface area contributed by atoms with Crippen molar-refractivity contribution in [1.29, 1.82) is 0 Å². The van der Waals surface area contributed by atoms with Crippen molar-refractivity contribution in [2.75, 3.05) is 11.5 Å². The van der Waals surface area contributed by atoms with E-state index in [1.54, 1.807) is 12.1 Å². The third-order valence-corrected chi connectivity index (χ3v) is 1.84. The van der Waals surface area contributed by atoms with Crippen LogP contribution >= 0.6 is 0 Å². The average molecular weight is 176 g/mol. The first-order chi connectivity index (χ1) is 6.18. The van der Waals surface area contributed by atoms with Crippen LogP contribution in [0.5, 0.6) is 0 Å². The molecule has 0 saturated heterocycles. The monoisotopic (exact) mass is 176 g/mol. The van der Waals surface area contributed by atoms with Gasteiger partial charge in [-0.15, -0.1) is 0 Å². The summed E-state index contributed by atoms with van der Waals surface area (Å²) in [6.07, 6.45) is 2.51. The average Bonchev–Trinajstić information content (AvgIpc) is 2.12. The molecule has 5 heteroatoms. The van der Waals surface area contributed by atoms with E-state index in [1.807, 2.05) is 0 Å². The quantitative estimate of drug-likeness (QED) is 0.336. The maximum absolute atomic E-state index is 10.9. The van der Waals surface area contributed by atoms with Gasteiger partial charge in [-0.2, -0.15) is 0 Å². The zero-order valence-electron chi connectivity index (χ0n) is 6.77. The fraction of sp³-hybridized carbons (Fsp3) is 0. The van der Waals surface area contributed by atoms with Gasteiger partial charge in [0.25, 0.3) is 6.33 Å². The van der Waals surface area contributed by atoms with E-state index < -0.39 is 0 Å². The minimum Gasteiger partial charge on any atom is -0.711 e. The fourth-order valence-corrected chi connectivity index (χ4v) is 1.20. The largest absolute Gasteiger partial charge is 0.711 e. The Morgan fingerprint density at radius 3 is 2.69 bits per heavy atom. The van der Waals surface area contributed by atoms with E-state index in [0.29, 0.717) is 27.0 Å². The van der Waals surface area contributed by atoms with Gasteiger partial charge in [0, 0.05) is 5.69 Å². The van der Waals surface area contributed by atoms with Crippen molar-refractivity contribution in [2.24, 2.45) is 0 Å². The van der Waals surface area contributed by atoms with Crippen molar-refractivity contribution >= 4 is 22.3 Å². The van der Waals surface area contributed by atoms with Gasteiger partial charge in [0.05, 0.1) is 11.1 Å². The molecule has 5 nitrogen and oxygen atoms in total. The number of nitrogens with two attached hydrogens (primary N) is 2. The minimum atomic E-state index is 0.502. The van der Waals surface area contributed by atoms with Crippen molar-refractivity contribution in [3.05, 3.63) is 29.9 Å². The van der Waals surface area contributed by atoms with E-state index in [4.69, 9.17) is 11.5 Å². The molecule has 0 unspecified atom stereocenters. The summed E-state index contributed by atoms with van der Waals surface area (Å²) in [6.45, 7) is 0. The molecule has 0 aliphatic carbocycles. The predicted octanol–water partition coefficient (Wildman–Crippen LogP) is 0.0326. The Labute approximate surface area is 74.2 Å². The highest BCUT2D eigenvalue weighted by atomic mass is 16.5. The number of rotatable bonds is 0. The number of benzene rings is 1. The van der Waals surface area contributed by atoms with Gasteiger partial charge in [0.1, 0.15) is 6.20 Å². The van der Waals surface area contributed by atoms with E-state index in [1.165, 1.54) is 6.20 Å². The van der Waals surface area contributed by atoms with Crippen LogP contribution in [0.1, 0.15) is 0 Å². The maximum Gasteiger partial charge on any atom is 0.289 e. The summed E-state index contributed by atoms with van der Waals surface area (Å²) in [7, 11) is 0. The van der Waals surface area contributed by atoms with Crippen LogP contribution in [0.3, 0.4) is 0 Å². The van der Waals surface area contributed by atoms with Gasteiger partial charge in [0.2, 0.25) is 5.52 Å². The lowest BCUT2D eigenvalue weighted by Crippen LogP contribution is -2.25. The topological polar surface area (TPSA) is 91.9 Å². The van der Waals surface area contributed by atoms with Crippen LogP contribution in [0.4, 0.5) is 11.4 Å². The molecule has 0 radical (unpaired) electrons. The van der Waals surface area contributed by atoms with E-state index >= 15 is 0 Å². The number of anilines is 2. The zero-order chi connectivity index (χ0) is 9.42. The number of nitrogens with zero attached hydrogens (tertiary/aromatic N) is 2. The zero-order valence-corrected chi connectivity index (χ0v) is 6.77. The van der Waals surface area contributed by atoms with Gasteiger partial charge in [-0.1, -0.05) is 0 Å². The molecule has 4 N–H and O–H groups in total. The number of fused-ring (bicyclic) bond motifs is 1. The van der Waals surface area contributed by atoms with Crippen LogP contribution < -0.4 is 16.2 Å². The fourth-order valence-electron chi connectivity index (χ4n) is 1.20. The summed E-state index contributed by atoms with van der Waals surface area (Å²) in [5.41, 5.74) is 12.9. The van der Waals surface area contributed by atoms with E-state index in [0.717, 1.165) is 6.33 Å². The number of aromatic nitrogens is 2. The maximum atomic E-state index is 10.9. The van der Waals surface area contributed by atoms with Crippen molar-refractivity contribution < 1.29 is 4.73 Å². The Bertz CT molecular complexity index is 469. The summed E-state index contributed by atoms with van der Waals surface area (Å²) in [5.74, 6) is 0. The molecule has 1 heterocycles. The molecule has 0 spiro atoms. The summed E-state index contributed by atoms with van der Waals surface area (Å²) in [5, 5.41) is 11.5. The molecule has 0 atom stereocenters. The Balaban J connectivity index is 2.92. The normalized spacial score (nSPS) is 10.5. The highest BCUT2D eigenvalue weighted by Gasteiger charge is 2.07. The molecule has 0 aliphatic heterocycles. The smallest absolute Gasteiger partial charge is 0.289 e. The van der Waals surface area contributed by atoms with Crippen LogP contribution in [0.15, 0.2) is 24.7 Å². The third kappa shape index (κ3) is 1.10. The summed E-state index contributed by atoms with van der Waals surface area (Å²) in [6, 6.07) is 3.32. The van der Waals surface area contributed by atoms with Crippen molar-refractivity contribution in [2.45, 2.75) is 0 Å². The summed E-state index contributed by atoms with van der Waals surface area (Å²) >= 11 is 0. The lowest BCUT2D eigenvalue weighted by Gasteiger charge is -2.03. The minimum absolute atomic E-state index is 0.502. The second-order valence-electron chi connectivity index (χ2n) is 2.74. The molecule has 1 aromatic heterocycles. The standard InChI is InChI=1S/C8H8N4O/c9-6-1-2-7(10)8-5(6)3-12(13)4-11-8/h1-4H,9-10H2. The van der Waals surface area contributed by atoms with E-state index in [2.05, 4.69) is 4.98 Å². The first kappa shape index (κ1) is 7.60. The van der Waals surface area contributed by atoms with E-state index in [9.17, 15) is 5.21 Å². The molecule has 13 heavy (non-hydrogen) atoms. The Kier molecular flexibility index (Phi) is 1.45. The molecule has 66 valence electrons. The number of hydrogen-bond acceptors (Lipinski definition) is 4. The van der Waals surface area contributed by atoms with Crippen LogP contribution in [0.25, 0.3) is 10.9 Å². The van der Waals surface area contributed by atoms with Gasteiger partial charge in [0.15, 0.2) is 0 Å². The van der Waals surface area contributed by atoms with Gasteiger partial charge in [-0.25, -0.2) is 4.73 Å². The lowest BCUT2D eigenvalue weighted by atomic mass is 10.2. The van der Waals surface area contributed by atoms with Gasteiger partial charge >= 0.3 is 0 Å². The summed E-state index contributed by atoms with van der Waals surface area (Å²) in [4.78, 5) is 3.89. The molecule has 0 aliphatic rings. The molecule has 1 aromatic carbocycles. The van der Waals surface area contributed by atoms with Crippen LogP contribution in [-0.4, -0.2) is 4.98 Å². The van der Waals surface area contributed by atoms with Gasteiger partial charge < -0.3 is 16.7 Å². The molecule has 2 aromatic rings. The van der Waals surface area contributed by atoms with Crippen molar-refractivity contribution in [3.63, 3.8) is 0 Å². The van der Waals surface area contributed by atoms with Crippen molar-refractivity contribution in [3.8, 4) is 0 Å². The predicted molar refractivity (Wildman–Crippen MR) is 49.5 cm³/mol. The highest BCUT2D eigenvalue weighted by molar-refractivity contribution is 5.96. The molecular weight excluding hydrogens is 168 g/mol. The molecule has 0 saturated carbocycles. The lowest BCUT2D eigenvalue weighted by molar-refractivity contribution is -0.607. The Hall–Kier alpha value is -2.04. The molecule has 0 bridgehead atoms. The second kappa shape index (κ2) is 2.48. The van der Waals surface area contributed by atoms with Crippen LogP contribution in [0, 0.1) is 5.21 Å². The van der Waals surface area contributed by atoms with Crippen molar-refractivity contribution in [1.82, 2.24) is 4.98 Å². The number of nitrogen functional groups attached to an aromatic ring is 2.